The van der Waals surface area contributed by atoms with Crippen LogP contribution in [0.3, 0.4) is 0 Å². The number of hydrogen-bond acceptors (Lipinski definition) is 1. The van der Waals surface area contributed by atoms with Gasteiger partial charge in [0.1, 0.15) is 5.83 Å². The Bertz CT molecular complexity index is 583. The minimum Gasteiger partial charge on any atom is -0.257 e. The third-order valence-corrected chi connectivity index (χ3v) is 4.70. The molecule has 1 aromatic rings. The van der Waals surface area contributed by atoms with Gasteiger partial charge in [-0.25, -0.2) is 4.39 Å². The summed E-state index contributed by atoms with van der Waals surface area (Å²) in [6.07, 6.45) is 9.39. The highest BCUT2D eigenvalue weighted by Gasteiger charge is 2.32. The normalized spacial score (nSPS) is 21.9. The molecule has 1 nitrogen and oxygen atoms in total. The summed E-state index contributed by atoms with van der Waals surface area (Å²) in [5, 5.41) is 0. The van der Waals surface area contributed by atoms with Gasteiger partial charge in [0.15, 0.2) is 0 Å². The summed E-state index contributed by atoms with van der Waals surface area (Å²) in [6, 6.07) is 5.96. The lowest BCUT2D eigenvalue weighted by Crippen LogP contribution is -2.24. The monoisotopic (exact) mass is 299 g/mol. The quantitative estimate of drug-likeness (QED) is 0.611. The highest BCUT2D eigenvalue weighted by atomic mass is 19.1. The van der Waals surface area contributed by atoms with Crippen molar-refractivity contribution in [3.63, 3.8) is 0 Å². The molecule has 1 aliphatic rings. The summed E-state index contributed by atoms with van der Waals surface area (Å²) in [5.41, 5.74) is 3.18. The van der Waals surface area contributed by atoms with Crippen molar-refractivity contribution in [1.29, 1.82) is 0 Å². The molecule has 118 valence electrons. The molecule has 0 N–H and O–H groups in total. The standard InChI is InChI=1S/C20H26FN/c1-5-9-17(14(3)6-2)18-13-16(21)12-15(4)20(18)19-10-7-8-11-22-19/h5,7-12,14,17-18H,6,13H2,1-4H3. The molecule has 0 aromatic carbocycles. The second kappa shape index (κ2) is 7.53. The predicted molar refractivity (Wildman–Crippen MR) is 91.9 cm³/mol. The van der Waals surface area contributed by atoms with Crippen molar-refractivity contribution in [3.05, 3.63) is 59.7 Å². The number of halogens is 1. The highest BCUT2D eigenvalue weighted by molar-refractivity contribution is 5.72. The fourth-order valence-corrected chi connectivity index (χ4v) is 3.43. The van der Waals surface area contributed by atoms with Gasteiger partial charge in [0, 0.05) is 12.6 Å². The van der Waals surface area contributed by atoms with Crippen molar-refractivity contribution in [3.8, 4) is 0 Å². The Morgan fingerprint density at radius 3 is 2.77 bits per heavy atom. The lowest BCUT2D eigenvalue weighted by atomic mass is 9.71. The Kier molecular flexibility index (Phi) is 5.70. The van der Waals surface area contributed by atoms with E-state index in [1.807, 2.05) is 38.2 Å². The second-order valence-corrected chi connectivity index (χ2v) is 6.20. The van der Waals surface area contributed by atoms with Gasteiger partial charge in [-0.15, -0.1) is 0 Å². The van der Waals surface area contributed by atoms with Crippen LogP contribution in [0.1, 0.15) is 46.2 Å². The van der Waals surface area contributed by atoms with Crippen LogP contribution < -0.4 is 0 Å². The van der Waals surface area contributed by atoms with E-state index < -0.39 is 0 Å². The molecule has 3 atom stereocenters. The molecule has 0 radical (unpaired) electrons. The molecule has 0 bridgehead atoms. The average molecular weight is 299 g/mol. The zero-order valence-corrected chi connectivity index (χ0v) is 14.0. The Hall–Kier alpha value is -1.70. The lowest BCUT2D eigenvalue weighted by molar-refractivity contribution is 0.323. The van der Waals surface area contributed by atoms with Crippen LogP contribution in [0, 0.1) is 17.8 Å². The molecular formula is C20H26FN. The topological polar surface area (TPSA) is 12.9 Å². The van der Waals surface area contributed by atoms with E-state index in [1.165, 1.54) is 5.57 Å². The molecule has 0 saturated carbocycles. The highest BCUT2D eigenvalue weighted by Crippen LogP contribution is 2.43. The van der Waals surface area contributed by atoms with Crippen LogP contribution in [0.4, 0.5) is 4.39 Å². The average Bonchev–Trinajstić information content (AvgIpc) is 2.52. The molecule has 0 saturated heterocycles. The maximum Gasteiger partial charge on any atom is 0.101 e. The molecule has 1 heterocycles. The Balaban J connectivity index is 2.50. The first kappa shape index (κ1) is 16.7. The Labute approximate surface area is 133 Å². The van der Waals surface area contributed by atoms with Crippen molar-refractivity contribution < 1.29 is 4.39 Å². The molecular weight excluding hydrogens is 273 g/mol. The van der Waals surface area contributed by atoms with Crippen molar-refractivity contribution in [2.75, 3.05) is 0 Å². The first-order valence-electron chi connectivity index (χ1n) is 8.19. The van der Waals surface area contributed by atoms with Gasteiger partial charge in [-0.2, -0.15) is 0 Å². The molecule has 0 fully saturated rings. The third kappa shape index (κ3) is 3.55. The summed E-state index contributed by atoms with van der Waals surface area (Å²) in [5.74, 6) is 0.992. The molecule has 3 unspecified atom stereocenters. The number of rotatable bonds is 5. The van der Waals surface area contributed by atoms with E-state index in [0.29, 0.717) is 18.3 Å². The van der Waals surface area contributed by atoms with E-state index in [0.717, 1.165) is 17.7 Å². The van der Waals surface area contributed by atoms with E-state index in [2.05, 4.69) is 31.0 Å². The van der Waals surface area contributed by atoms with Gasteiger partial charge in [0.25, 0.3) is 0 Å². The van der Waals surface area contributed by atoms with Crippen LogP contribution in [-0.4, -0.2) is 4.98 Å². The predicted octanol–water partition coefficient (Wildman–Crippen LogP) is 5.97. The smallest absolute Gasteiger partial charge is 0.101 e. The SMILES string of the molecule is CC=CC(C(C)CC)C1CC(F)=CC(C)=C1c1ccccn1. The summed E-state index contributed by atoms with van der Waals surface area (Å²) in [7, 11) is 0. The largest absolute Gasteiger partial charge is 0.257 e. The molecule has 2 rings (SSSR count). The first-order valence-corrected chi connectivity index (χ1v) is 8.19. The van der Waals surface area contributed by atoms with Crippen molar-refractivity contribution in [1.82, 2.24) is 4.98 Å². The van der Waals surface area contributed by atoms with Crippen LogP contribution in [0.2, 0.25) is 0 Å². The summed E-state index contributed by atoms with van der Waals surface area (Å²) in [4.78, 5) is 4.52. The number of aromatic nitrogens is 1. The van der Waals surface area contributed by atoms with Crippen LogP contribution in [0.25, 0.3) is 5.57 Å². The number of hydrogen-bond donors (Lipinski definition) is 0. The molecule has 2 heteroatoms. The van der Waals surface area contributed by atoms with Crippen LogP contribution in [-0.2, 0) is 0 Å². The summed E-state index contributed by atoms with van der Waals surface area (Å²) in [6.45, 7) is 8.50. The minimum atomic E-state index is -0.0139. The van der Waals surface area contributed by atoms with E-state index in [1.54, 1.807) is 6.08 Å². The van der Waals surface area contributed by atoms with Crippen LogP contribution >= 0.6 is 0 Å². The summed E-state index contributed by atoms with van der Waals surface area (Å²) < 4.78 is 14.1. The van der Waals surface area contributed by atoms with Gasteiger partial charge in [0.05, 0.1) is 5.69 Å². The molecule has 0 amide bonds. The van der Waals surface area contributed by atoms with Crippen molar-refractivity contribution in [2.24, 2.45) is 17.8 Å². The van der Waals surface area contributed by atoms with E-state index in [4.69, 9.17) is 0 Å². The molecule has 1 aromatic heterocycles. The lowest BCUT2D eigenvalue weighted by Gasteiger charge is -2.34. The molecule has 0 spiro atoms. The number of allylic oxidation sites excluding steroid dienone is 6. The third-order valence-electron chi connectivity index (χ3n) is 4.70. The van der Waals surface area contributed by atoms with Gasteiger partial charge in [-0.1, -0.05) is 38.5 Å². The molecule has 1 aliphatic carbocycles. The number of nitrogens with zero attached hydrogens (tertiary/aromatic N) is 1. The van der Waals surface area contributed by atoms with Gasteiger partial charge >= 0.3 is 0 Å². The summed E-state index contributed by atoms with van der Waals surface area (Å²) >= 11 is 0. The van der Waals surface area contributed by atoms with Crippen LogP contribution in [0.5, 0.6) is 0 Å². The van der Waals surface area contributed by atoms with Gasteiger partial charge in [-0.05, 0) is 61.0 Å². The maximum absolute atomic E-state index is 14.1. The molecule has 22 heavy (non-hydrogen) atoms. The van der Waals surface area contributed by atoms with Gasteiger partial charge in [-0.3, -0.25) is 4.98 Å². The number of pyridine rings is 1. The first-order chi connectivity index (χ1) is 10.6. The van der Waals surface area contributed by atoms with Gasteiger partial charge < -0.3 is 0 Å². The fraction of sp³-hybridized carbons (Fsp3) is 0.450. The molecule has 0 aliphatic heterocycles. The minimum absolute atomic E-state index is 0.0139. The second-order valence-electron chi connectivity index (χ2n) is 6.20. The van der Waals surface area contributed by atoms with Gasteiger partial charge in [0.2, 0.25) is 0 Å². The van der Waals surface area contributed by atoms with E-state index in [-0.39, 0.29) is 11.7 Å². The van der Waals surface area contributed by atoms with E-state index in [9.17, 15) is 4.39 Å². The Morgan fingerprint density at radius 1 is 1.41 bits per heavy atom. The van der Waals surface area contributed by atoms with Crippen molar-refractivity contribution >= 4 is 5.57 Å². The Morgan fingerprint density at radius 2 is 2.18 bits per heavy atom. The maximum atomic E-state index is 14.1. The van der Waals surface area contributed by atoms with Crippen molar-refractivity contribution in [2.45, 2.75) is 40.5 Å². The zero-order valence-electron chi connectivity index (χ0n) is 14.0. The van der Waals surface area contributed by atoms with E-state index >= 15 is 0 Å². The van der Waals surface area contributed by atoms with Crippen LogP contribution in [0.15, 0.2) is 54.0 Å². The fourth-order valence-electron chi connectivity index (χ4n) is 3.43. The zero-order chi connectivity index (χ0) is 16.1.